The van der Waals surface area contributed by atoms with Gasteiger partial charge in [-0.05, 0) is 17.5 Å². The molecule has 0 atom stereocenters. The number of benzene rings is 1. The Morgan fingerprint density at radius 2 is 2.00 bits per heavy atom. The molecule has 4 heteroatoms. The van der Waals surface area contributed by atoms with Crippen LogP contribution in [0.2, 0.25) is 0 Å². The zero-order valence-electron chi connectivity index (χ0n) is 10.8. The van der Waals surface area contributed by atoms with E-state index in [1.54, 1.807) is 0 Å². The Kier molecular flexibility index (Phi) is 3.46. The largest absolute Gasteiger partial charge is 0.539 e. The molecule has 0 aliphatic heterocycles. The van der Waals surface area contributed by atoms with Crippen LogP contribution in [0.5, 0.6) is 5.95 Å². The van der Waals surface area contributed by atoms with Gasteiger partial charge in [0.15, 0.2) is 5.95 Å². The lowest BCUT2D eigenvalue weighted by Crippen LogP contribution is -2.36. The molecule has 0 amide bonds. The summed E-state index contributed by atoms with van der Waals surface area (Å²) < 4.78 is 6.31. The Hall–Kier alpha value is -2.10. The van der Waals surface area contributed by atoms with Gasteiger partial charge in [0.25, 0.3) is 5.69 Å². The molecule has 0 saturated heterocycles. The molecule has 2 aromatic rings. The quantitative estimate of drug-likeness (QED) is 0.777. The van der Waals surface area contributed by atoms with Crippen molar-refractivity contribution in [2.24, 2.45) is 5.92 Å². The van der Waals surface area contributed by atoms with Crippen molar-refractivity contribution >= 4 is 5.57 Å². The van der Waals surface area contributed by atoms with Crippen LogP contribution in [-0.2, 0) is 0 Å². The minimum absolute atomic E-state index is 0.364. The summed E-state index contributed by atoms with van der Waals surface area (Å²) in [7, 11) is 0. The summed E-state index contributed by atoms with van der Waals surface area (Å²) in [4.78, 5) is 0. The molecule has 1 heterocycles. The third kappa shape index (κ3) is 2.42. The van der Waals surface area contributed by atoms with Crippen LogP contribution in [0.25, 0.3) is 11.3 Å². The molecule has 0 aliphatic carbocycles. The number of nitrogens with zero attached hydrogens (tertiary/aromatic N) is 2. The molecule has 0 N–H and O–H groups in total. The van der Waals surface area contributed by atoms with Gasteiger partial charge in [-0.25, -0.2) is 0 Å². The zero-order chi connectivity index (χ0) is 13.1. The molecule has 0 saturated carbocycles. The lowest BCUT2D eigenvalue weighted by atomic mass is 10.1. The molecule has 0 fully saturated rings. The van der Waals surface area contributed by atoms with E-state index in [2.05, 4.69) is 19.1 Å². The Balaban J connectivity index is 2.52. The van der Waals surface area contributed by atoms with Crippen molar-refractivity contribution in [3.05, 3.63) is 42.1 Å². The highest BCUT2D eigenvalue weighted by molar-refractivity contribution is 5.61. The van der Waals surface area contributed by atoms with Crippen molar-refractivity contribution in [2.45, 2.75) is 20.8 Å². The van der Waals surface area contributed by atoms with Gasteiger partial charge >= 0.3 is 0 Å². The molecule has 1 aromatic carbocycles. The molecular formula is C14H16N2O2. The fourth-order valence-electron chi connectivity index (χ4n) is 1.90. The average molecular weight is 244 g/mol. The van der Waals surface area contributed by atoms with E-state index in [1.807, 2.05) is 43.3 Å². The second-order valence-electron chi connectivity index (χ2n) is 4.55. The summed E-state index contributed by atoms with van der Waals surface area (Å²) in [5.74, 6) is -0.0447. The predicted octanol–water partition coefficient (Wildman–Crippen LogP) is 2.08. The summed E-state index contributed by atoms with van der Waals surface area (Å²) >= 11 is 0. The van der Waals surface area contributed by atoms with Gasteiger partial charge in [0.1, 0.15) is 0 Å². The van der Waals surface area contributed by atoms with Crippen LogP contribution >= 0.6 is 0 Å². The molecule has 2 rings (SSSR count). The standard InChI is InChI=1S/C14H16N2O2/c1-10(2)9-11(3)13-14(17)18-15-16(13)12-7-5-4-6-8-12/h4-10H,1-3H3/b11-9+. The lowest BCUT2D eigenvalue weighted by Gasteiger charge is -2.00. The molecule has 0 aliphatic rings. The van der Waals surface area contributed by atoms with Crippen molar-refractivity contribution < 1.29 is 14.3 Å². The van der Waals surface area contributed by atoms with E-state index < -0.39 is 5.95 Å². The van der Waals surface area contributed by atoms with Gasteiger partial charge in [0.2, 0.25) is 5.69 Å². The van der Waals surface area contributed by atoms with E-state index >= 15 is 0 Å². The summed E-state index contributed by atoms with van der Waals surface area (Å²) in [5.41, 5.74) is 2.17. The monoisotopic (exact) mass is 244 g/mol. The van der Waals surface area contributed by atoms with E-state index in [9.17, 15) is 5.11 Å². The maximum Gasteiger partial charge on any atom is 0.266 e. The van der Waals surface area contributed by atoms with Gasteiger partial charge in [-0.1, -0.05) is 38.1 Å². The highest BCUT2D eigenvalue weighted by Gasteiger charge is 2.21. The van der Waals surface area contributed by atoms with Gasteiger partial charge in [-0.15, -0.1) is 0 Å². The number of hydrogen-bond acceptors (Lipinski definition) is 3. The molecule has 94 valence electrons. The molecular weight excluding hydrogens is 228 g/mol. The fraction of sp³-hybridized carbons (Fsp3) is 0.286. The van der Waals surface area contributed by atoms with Crippen LogP contribution in [-0.4, -0.2) is 5.27 Å². The highest BCUT2D eigenvalue weighted by atomic mass is 16.6. The predicted molar refractivity (Wildman–Crippen MR) is 66.0 cm³/mol. The summed E-state index contributed by atoms with van der Waals surface area (Å²) in [6, 6.07) is 9.47. The first-order valence-electron chi connectivity index (χ1n) is 5.93. The molecule has 18 heavy (non-hydrogen) atoms. The Labute approximate surface area is 106 Å². The number of aromatic nitrogens is 2. The van der Waals surface area contributed by atoms with Crippen molar-refractivity contribution in [3.63, 3.8) is 0 Å². The summed E-state index contributed by atoms with van der Waals surface area (Å²) in [6.45, 7) is 6.02. The van der Waals surface area contributed by atoms with E-state index in [0.29, 0.717) is 11.6 Å². The van der Waals surface area contributed by atoms with Crippen LogP contribution in [0.15, 0.2) is 40.9 Å². The highest BCUT2D eigenvalue weighted by Crippen LogP contribution is 2.20. The van der Waals surface area contributed by atoms with Gasteiger partial charge in [0, 0.05) is 17.7 Å². The molecule has 0 radical (unpaired) electrons. The van der Waals surface area contributed by atoms with E-state index in [0.717, 1.165) is 11.3 Å². The van der Waals surface area contributed by atoms with Crippen molar-refractivity contribution in [1.82, 2.24) is 5.27 Å². The fourth-order valence-corrected chi connectivity index (χ4v) is 1.90. The van der Waals surface area contributed by atoms with Crippen molar-refractivity contribution in [1.29, 1.82) is 0 Å². The average Bonchev–Trinajstić information content (AvgIpc) is 2.71. The maximum atomic E-state index is 11.7. The molecule has 4 nitrogen and oxygen atoms in total. The Morgan fingerprint density at radius 3 is 2.61 bits per heavy atom. The van der Waals surface area contributed by atoms with Crippen LogP contribution in [0.1, 0.15) is 26.5 Å². The van der Waals surface area contributed by atoms with Crippen molar-refractivity contribution in [2.75, 3.05) is 0 Å². The first-order chi connectivity index (χ1) is 8.59. The smallest absolute Gasteiger partial charge is 0.266 e. The summed E-state index contributed by atoms with van der Waals surface area (Å²) in [5, 5.41) is 15.5. The molecule has 1 aromatic heterocycles. The lowest BCUT2D eigenvalue weighted by molar-refractivity contribution is -0.672. The Bertz CT molecular complexity index is 556. The van der Waals surface area contributed by atoms with Gasteiger partial charge in [-0.3, -0.25) is 0 Å². The third-order valence-corrected chi connectivity index (χ3v) is 2.57. The first kappa shape index (κ1) is 12.4. The van der Waals surface area contributed by atoms with E-state index in [-0.39, 0.29) is 0 Å². The molecule has 0 bridgehead atoms. The third-order valence-electron chi connectivity index (χ3n) is 2.57. The number of allylic oxidation sites excluding steroid dienone is 2. The second kappa shape index (κ2) is 5.04. The van der Waals surface area contributed by atoms with Gasteiger partial charge in [-0.2, -0.15) is 0 Å². The van der Waals surface area contributed by atoms with Crippen LogP contribution < -0.4 is 9.79 Å². The minimum Gasteiger partial charge on any atom is -0.539 e. The molecule has 0 spiro atoms. The van der Waals surface area contributed by atoms with Crippen LogP contribution in [0.3, 0.4) is 0 Å². The molecule has 0 unspecified atom stereocenters. The second-order valence-corrected chi connectivity index (χ2v) is 4.55. The number of para-hydroxylation sites is 1. The number of hydrogen-bond donors (Lipinski definition) is 0. The normalized spacial score (nSPS) is 12.1. The number of rotatable bonds is 3. The SMILES string of the molecule is C/C(=C\C(C)C)c1c([O-])on[n+]1-c1ccccc1. The first-order valence-corrected chi connectivity index (χ1v) is 5.93. The van der Waals surface area contributed by atoms with Crippen molar-refractivity contribution in [3.8, 4) is 11.6 Å². The topological polar surface area (TPSA) is 53.0 Å². The summed E-state index contributed by atoms with van der Waals surface area (Å²) in [6.07, 6.45) is 2.02. The van der Waals surface area contributed by atoms with Crippen LogP contribution in [0.4, 0.5) is 0 Å². The van der Waals surface area contributed by atoms with E-state index in [4.69, 9.17) is 4.52 Å². The Morgan fingerprint density at radius 1 is 1.33 bits per heavy atom. The van der Waals surface area contributed by atoms with Gasteiger partial charge in [0.05, 0.1) is 5.27 Å². The maximum absolute atomic E-state index is 11.7. The van der Waals surface area contributed by atoms with Crippen LogP contribution in [0, 0.1) is 5.92 Å². The minimum atomic E-state index is -0.409. The van der Waals surface area contributed by atoms with Gasteiger partial charge < -0.3 is 9.63 Å². The van der Waals surface area contributed by atoms with E-state index in [1.165, 1.54) is 4.68 Å². The zero-order valence-corrected chi connectivity index (χ0v) is 10.8.